The van der Waals surface area contributed by atoms with E-state index in [-0.39, 0.29) is 17.3 Å². The molecule has 1 N–H and O–H groups in total. The molecule has 3 heteroatoms. The summed E-state index contributed by atoms with van der Waals surface area (Å²) in [4.78, 5) is 11.6. The van der Waals surface area contributed by atoms with E-state index in [1.807, 2.05) is 0 Å². The van der Waals surface area contributed by atoms with E-state index in [4.69, 9.17) is 4.74 Å². The summed E-state index contributed by atoms with van der Waals surface area (Å²) in [5.41, 5.74) is -1.31. The molecule has 2 atom stereocenters. The first-order chi connectivity index (χ1) is 6.31. The summed E-state index contributed by atoms with van der Waals surface area (Å²) in [6.07, 6.45) is 2.72. The molecular weight excluding hydrogens is 180 g/mol. The van der Waals surface area contributed by atoms with Gasteiger partial charge in [0.1, 0.15) is 17.5 Å². The molecule has 0 saturated carbocycles. The minimum atomic E-state index is -1.25. The Morgan fingerprint density at radius 3 is 2.71 bits per heavy atom. The zero-order valence-corrected chi connectivity index (χ0v) is 8.83. The average molecular weight is 196 g/mol. The van der Waals surface area contributed by atoms with Crippen molar-refractivity contribution < 1.29 is 14.6 Å². The summed E-state index contributed by atoms with van der Waals surface area (Å²) in [7, 11) is 0. The Labute approximate surface area is 83.8 Å². The number of hydrogen-bond acceptors (Lipinski definition) is 3. The standard InChI is InChI=1S/C11H16O3/c1-10(2)5-7-6-11(3,13)8(12)4-9(10)14-7/h4,7,13H,5-6H2,1-3H3/t7-,11+/m0/s1. The predicted octanol–water partition coefficient (Wildman–Crippen LogP) is 1.41. The summed E-state index contributed by atoms with van der Waals surface area (Å²) < 4.78 is 5.62. The van der Waals surface area contributed by atoms with E-state index < -0.39 is 5.60 Å². The Morgan fingerprint density at radius 1 is 1.43 bits per heavy atom. The van der Waals surface area contributed by atoms with Crippen molar-refractivity contribution in [1.29, 1.82) is 0 Å². The Bertz CT molecular complexity index is 310. The number of carbonyl (C=O) groups is 1. The van der Waals surface area contributed by atoms with Crippen molar-refractivity contribution in [1.82, 2.24) is 0 Å². The van der Waals surface area contributed by atoms with Gasteiger partial charge in [0.05, 0.1) is 0 Å². The van der Waals surface area contributed by atoms with Crippen molar-refractivity contribution in [2.45, 2.75) is 45.3 Å². The lowest BCUT2D eigenvalue weighted by molar-refractivity contribution is -0.132. The molecule has 2 heterocycles. The van der Waals surface area contributed by atoms with Gasteiger partial charge in [-0.3, -0.25) is 4.79 Å². The van der Waals surface area contributed by atoms with Gasteiger partial charge in [-0.05, 0) is 13.3 Å². The Balaban J connectivity index is 2.40. The minimum Gasteiger partial charge on any atom is -0.494 e. The van der Waals surface area contributed by atoms with Crippen LogP contribution < -0.4 is 0 Å². The molecule has 3 nitrogen and oxygen atoms in total. The van der Waals surface area contributed by atoms with Crippen LogP contribution in [-0.2, 0) is 9.53 Å². The summed E-state index contributed by atoms with van der Waals surface area (Å²) >= 11 is 0. The Morgan fingerprint density at radius 2 is 2.07 bits per heavy atom. The molecule has 2 aliphatic heterocycles. The van der Waals surface area contributed by atoms with Crippen LogP contribution in [-0.4, -0.2) is 22.6 Å². The van der Waals surface area contributed by atoms with Crippen LogP contribution in [0.4, 0.5) is 0 Å². The molecular formula is C11H16O3. The normalized spacial score (nSPS) is 40.1. The largest absolute Gasteiger partial charge is 0.494 e. The molecule has 0 aliphatic carbocycles. The Kier molecular flexibility index (Phi) is 1.80. The molecule has 0 aromatic heterocycles. The summed E-state index contributed by atoms with van der Waals surface area (Å²) in [6, 6.07) is 0. The SMILES string of the molecule is CC1(C)C[C@H]2C[C@@](C)(O)C(=O)C=C1O2. The fourth-order valence-corrected chi connectivity index (χ4v) is 2.21. The smallest absolute Gasteiger partial charge is 0.190 e. The molecule has 0 radical (unpaired) electrons. The van der Waals surface area contributed by atoms with Crippen LogP contribution in [0.2, 0.25) is 0 Å². The number of aliphatic hydroxyl groups is 1. The second-order valence-electron chi connectivity index (χ2n) is 5.18. The lowest BCUT2D eigenvalue weighted by Crippen LogP contribution is -2.37. The number of ether oxygens (including phenoxy) is 1. The van der Waals surface area contributed by atoms with E-state index in [2.05, 4.69) is 13.8 Å². The van der Waals surface area contributed by atoms with E-state index in [1.54, 1.807) is 6.92 Å². The molecule has 1 fully saturated rings. The van der Waals surface area contributed by atoms with E-state index in [9.17, 15) is 9.90 Å². The lowest BCUT2D eigenvalue weighted by atomic mass is 9.80. The number of allylic oxidation sites excluding steroid dienone is 1. The quantitative estimate of drug-likeness (QED) is 0.637. The third-order valence-corrected chi connectivity index (χ3v) is 3.12. The summed E-state index contributed by atoms with van der Waals surface area (Å²) in [6.45, 7) is 5.68. The maximum atomic E-state index is 11.6. The fourth-order valence-electron chi connectivity index (χ4n) is 2.21. The average Bonchev–Trinajstić information content (AvgIpc) is 2.18. The fraction of sp³-hybridized carbons (Fsp3) is 0.727. The van der Waals surface area contributed by atoms with Gasteiger partial charge in [-0.2, -0.15) is 0 Å². The van der Waals surface area contributed by atoms with Crippen molar-refractivity contribution >= 4 is 5.78 Å². The molecule has 1 saturated heterocycles. The van der Waals surface area contributed by atoms with Crippen LogP contribution in [0.1, 0.15) is 33.6 Å². The molecule has 2 bridgehead atoms. The second-order valence-corrected chi connectivity index (χ2v) is 5.18. The lowest BCUT2D eigenvalue weighted by Gasteiger charge is -2.23. The number of rotatable bonds is 0. The highest BCUT2D eigenvalue weighted by atomic mass is 16.5. The summed E-state index contributed by atoms with van der Waals surface area (Å²) in [5.74, 6) is 0.494. The Hall–Kier alpha value is -0.830. The first-order valence-corrected chi connectivity index (χ1v) is 4.97. The molecule has 2 aliphatic rings. The minimum absolute atomic E-state index is 0.0160. The van der Waals surface area contributed by atoms with Crippen LogP contribution in [0.3, 0.4) is 0 Å². The molecule has 78 valence electrons. The maximum absolute atomic E-state index is 11.6. The van der Waals surface area contributed by atoms with E-state index >= 15 is 0 Å². The third kappa shape index (κ3) is 1.36. The van der Waals surface area contributed by atoms with Crippen molar-refractivity contribution in [3.05, 3.63) is 11.8 Å². The van der Waals surface area contributed by atoms with Gasteiger partial charge in [0.25, 0.3) is 0 Å². The highest BCUT2D eigenvalue weighted by molar-refractivity contribution is 5.97. The van der Waals surface area contributed by atoms with E-state index in [0.29, 0.717) is 6.42 Å². The van der Waals surface area contributed by atoms with Gasteiger partial charge in [-0.1, -0.05) is 13.8 Å². The summed E-state index contributed by atoms with van der Waals surface area (Å²) in [5, 5.41) is 9.84. The van der Waals surface area contributed by atoms with Gasteiger partial charge in [0.15, 0.2) is 5.78 Å². The van der Waals surface area contributed by atoms with Gasteiger partial charge in [0, 0.05) is 17.9 Å². The van der Waals surface area contributed by atoms with E-state index in [0.717, 1.165) is 12.2 Å². The highest BCUT2D eigenvalue weighted by Crippen LogP contribution is 2.45. The molecule has 0 aromatic rings. The van der Waals surface area contributed by atoms with Crippen LogP contribution >= 0.6 is 0 Å². The number of ketones is 1. The van der Waals surface area contributed by atoms with Crippen LogP contribution in [0.25, 0.3) is 0 Å². The number of fused-ring (bicyclic) bond motifs is 2. The van der Waals surface area contributed by atoms with Crippen molar-refractivity contribution in [2.24, 2.45) is 5.41 Å². The topological polar surface area (TPSA) is 46.5 Å². The van der Waals surface area contributed by atoms with Crippen LogP contribution in [0.5, 0.6) is 0 Å². The van der Waals surface area contributed by atoms with E-state index in [1.165, 1.54) is 6.08 Å². The molecule has 2 rings (SSSR count). The highest BCUT2D eigenvalue weighted by Gasteiger charge is 2.46. The predicted molar refractivity (Wildman–Crippen MR) is 51.6 cm³/mol. The van der Waals surface area contributed by atoms with Crippen LogP contribution in [0, 0.1) is 5.41 Å². The van der Waals surface area contributed by atoms with Crippen LogP contribution in [0.15, 0.2) is 11.8 Å². The first-order valence-electron chi connectivity index (χ1n) is 4.97. The molecule has 0 spiro atoms. The van der Waals surface area contributed by atoms with Gasteiger partial charge >= 0.3 is 0 Å². The molecule has 14 heavy (non-hydrogen) atoms. The van der Waals surface area contributed by atoms with Gasteiger partial charge in [-0.25, -0.2) is 0 Å². The van der Waals surface area contributed by atoms with Crippen molar-refractivity contribution in [3.8, 4) is 0 Å². The van der Waals surface area contributed by atoms with Gasteiger partial charge in [-0.15, -0.1) is 0 Å². The van der Waals surface area contributed by atoms with Gasteiger partial charge < -0.3 is 9.84 Å². The molecule has 0 aromatic carbocycles. The zero-order valence-electron chi connectivity index (χ0n) is 8.83. The maximum Gasteiger partial charge on any atom is 0.190 e. The molecule has 0 unspecified atom stereocenters. The monoisotopic (exact) mass is 196 g/mol. The van der Waals surface area contributed by atoms with Crippen molar-refractivity contribution in [2.75, 3.05) is 0 Å². The number of hydrogen-bond donors (Lipinski definition) is 1. The molecule has 0 amide bonds. The van der Waals surface area contributed by atoms with Crippen molar-refractivity contribution in [3.63, 3.8) is 0 Å². The third-order valence-electron chi connectivity index (χ3n) is 3.12. The second kappa shape index (κ2) is 2.60. The first kappa shape index (κ1) is 9.71. The number of carbonyl (C=O) groups excluding carboxylic acids is 1. The zero-order chi connectivity index (χ0) is 10.6. The van der Waals surface area contributed by atoms with Gasteiger partial charge in [0.2, 0.25) is 0 Å².